The third kappa shape index (κ3) is 3.38. The van der Waals surface area contributed by atoms with Crippen molar-refractivity contribution in [3.8, 4) is 5.75 Å². The molecule has 146 valence electrons. The summed E-state index contributed by atoms with van der Waals surface area (Å²) in [5, 5.41) is 4.70. The Morgan fingerprint density at radius 2 is 1.83 bits per heavy atom. The van der Waals surface area contributed by atoms with Crippen molar-refractivity contribution in [3.63, 3.8) is 0 Å². The van der Waals surface area contributed by atoms with Gasteiger partial charge in [-0.2, -0.15) is 0 Å². The molecule has 0 atom stereocenters. The molecule has 2 aromatic carbocycles. The first kappa shape index (κ1) is 18.8. The van der Waals surface area contributed by atoms with Crippen LogP contribution < -0.4 is 15.0 Å². The van der Waals surface area contributed by atoms with Gasteiger partial charge in [0.1, 0.15) is 23.1 Å². The number of thiophene rings is 1. The van der Waals surface area contributed by atoms with Crippen molar-refractivity contribution >= 4 is 40.1 Å². The van der Waals surface area contributed by atoms with Crippen LogP contribution in [0.25, 0.3) is 5.57 Å². The van der Waals surface area contributed by atoms with Gasteiger partial charge < -0.3 is 10.1 Å². The number of hydrogen-bond acceptors (Lipinski definition) is 5. The third-order valence-electron chi connectivity index (χ3n) is 4.34. The quantitative estimate of drug-likeness (QED) is 0.630. The molecule has 3 aromatic rings. The number of halogens is 2. The highest BCUT2D eigenvalue weighted by Gasteiger charge is 2.42. The van der Waals surface area contributed by atoms with Gasteiger partial charge in [-0.3, -0.25) is 9.59 Å². The zero-order valence-electron chi connectivity index (χ0n) is 15.1. The molecular weight excluding hydrogens is 398 g/mol. The Bertz CT molecular complexity index is 1140. The van der Waals surface area contributed by atoms with E-state index < -0.39 is 29.1 Å². The topological polar surface area (TPSA) is 58.6 Å². The van der Waals surface area contributed by atoms with E-state index in [1.807, 2.05) is 0 Å². The Morgan fingerprint density at radius 1 is 1.00 bits per heavy atom. The minimum atomic E-state index is -0.874. The van der Waals surface area contributed by atoms with Gasteiger partial charge in [0.25, 0.3) is 11.8 Å². The van der Waals surface area contributed by atoms with Crippen LogP contribution in [0.3, 0.4) is 0 Å². The van der Waals surface area contributed by atoms with Crippen LogP contribution in [0, 0.1) is 11.6 Å². The maximum atomic E-state index is 14.3. The SMILES string of the molecule is COc1cccc(NC2=C(c3cccs3)C(=O)N(c3cc(F)ccc3F)C2=O)c1. The number of nitrogens with one attached hydrogen (secondary N) is 1. The molecule has 29 heavy (non-hydrogen) atoms. The number of hydrogen-bond donors (Lipinski definition) is 1. The van der Waals surface area contributed by atoms with Crippen LogP contribution in [0.5, 0.6) is 5.75 Å². The molecule has 0 bridgehead atoms. The Hall–Kier alpha value is -3.52. The van der Waals surface area contributed by atoms with Crippen LogP contribution in [0.1, 0.15) is 4.88 Å². The highest BCUT2D eigenvalue weighted by atomic mass is 32.1. The molecule has 5 nitrogen and oxygen atoms in total. The molecule has 1 aliphatic rings. The van der Waals surface area contributed by atoms with Gasteiger partial charge in [0.15, 0.2) is 0 Å². The van der Waals surface area contributed by atoms with E-state index in [4.69, 9.17) is 4.74 Å². The van der Waals surface area contributed by atoms with Gasteiger partial charge in [0.2, 0.25) is 0 Å². The van der Waals surface area contributed by atoms with Gasteiger partial charge in [-0.05, 0) is 35.7 Å². The van der Waals surface area contributed by atoms with Crippen molar-refractivity contribution in [2.45, 2.75) is 0 Å². The van der Waals surface area contributed by atoms with Gasteiger partial charge in [0.05, 0.1) is 18.4 Å². The standard InChI is InChI=1S/C21H14F2N2O3S/c1-28-14-5-2-4-13(11-14)24-19-18(17-6-3-9-29-17)20(26)25(21(19)27)16-10-12(22)7-8-15(16)23/h2-11,24H,1H3. The fraction of sp³-hybridized carbons (Fsp3) is 0.0476. The van der Waals surface area contributed by atoms with E-state index in [9.17, 15) is 18.4 Å². The zero-order chi connectivity index (χ0) is 20.5. The minimum absolute atomic E-state index is 0.0191. The van der Waals surface area contributed by atoms with Gasteiger partial charge in [-0.25, -0.2) is 13.7 Å². The minimum Gasteiger partial charge on any atom is -0.497 e. The van der Waals surface area contributed by atoms with E-state index in [2.05, 4.69) is 5.32 Å². The second-order valence-electron chi connectivity index (χ2n) is 6.13. The summed E-state index contributed by atoms with van der Waals surface area (Å²) in [4.78, 5) is 27.4. The summed E-state index contributed by atoms with van der Waals surface area (Å²) in [6, 6.07) is 12.9. The molecule has 0 unspecified atom stereocenters. The summed E-state index contributed by atoms with van der Waals surface area (Å²) < 4.78 is 33.2. The first-order valence-electron chi connectivity index (χ1n) is 8.52. The molecule has 0 saturated heterocycles. The number of anilines is 2. The van der Waals surface area contributed by atoms with Crippen molar-refractivity contribution in [3.05, 3.63) is 82.2 Å². The number of nitrogens with zero attached hydrogens (tertiary/aromatic N) is 1. The molecule has 0 saturated carbocycles. The lowest BCUT2D eigenvalue weighted by Crippen LogP contribution is -2.33. The van der Waals surface area contributed by atoms with Crippen LogP contribution >= 0.6 is 11.3 Å². The smallest absolute Gasteiger partial charge is 0.282 e. The second kappa shape index (κ2) is 7.48. The Balaban J connectivity index is 1.82. The van der Waals surface area contributed by atoms with E-state index in [0.717, 1.165) is 18.2 Å². The number of benzene rings is 2. The van der Waals surface area contributed by atoms with E-state index in [1.165, 1.54) is 18.4 Å². The molecule has 1 N–H and O–H groups in total. The molecule has 0 fully saturated rings. The molecule has 2 heterocycles. The van der Waals surface area contributed by atoms with Gasteiger partial charge >= 0.3 is 0 Å². The molecule has 2 amide bonds. The van der Waals surface area contributed by atoms with Gasteiger partial charge in [-0.15, -0.1) is 11.3 Å². The highest BCUT2D eigenvalue weighted by Crippen LogP contribution is 2.36. The number of carbonyl (C=O) groups excluding carboxylic acids is 2. The van der Waals surface area contributed by atoms with Crippen molar-refractivity contribution in [2.24, 2.45) is 0 Å². The lowest BCUT2D eigenvalue weighted by Gasteiger charge is -2.16. The lowest BCUT2D eigenvalue weighted by molar-refractivity contribution is -0.120. The van der Waals surface area contributed by atoms with Crippen molar-refractivity contribution < 1.29 is 23.1 Å². The fourth-order valence-corrected chi connectivity index (χ4v) is 3.78. The Kier molecular flexibility index (Phi) is 4.85. The van der Waals surface area contributed by atoms with Crippen molar-refractivity contribution in [1.82, 2.24) is 0 Å². The number of ether oxygens (including phenoxy) is 1. The Morgan fingerprint density at radius 3 is 2.55 bits per heavy atom. The number of amides is 2. The first-order valence-corrected chi connectivity index (χ1v) is 9.40. The summed E-state index contributed by atoms with van der Waals surface area (Å²) in [5.74, 6) is -2.58. The average molecular weight is 412 g/mol. The maximum Gasteiger partial charge on any atom is 0.282 e. The lowest BCUT2D eigenvalue weighted by atomic mass is 10.2. The van der Waals surface area contributed by atoms with Gasteiger partial charge in [-0.1, -0.05) is 12.1 Å². The molecule has 1 aliphatic heterocycles. The predicted octanol–water partition coefficient (Wildman–Crippen LogP) is 4.43. The molecule has 0 radical (unpaired) electrons. The summed E-state index contributed by atoms with van der Waals surface area (Å²) in [6.07, 6.45) is 0. The Labute approximate surface area is 168 Å². The normalized spacial score (nSPS) is 14.0. The zero-order valence-corrected chi connectivity index (χ0v) is 15.9. The van der Waals surface area contributed by atoms with Crippen LogP contribution in [0.2, 0.25) is 0 Å². The van der Waals surface area contributed by atoms with Crippen LogP contribution in [-0.2, 0) is 9.59 Å². The average Bonchev–Trinajstić information content (AvgIpc) is 3.31. The summed E-state index contributed by atoms with van der Waals surface area (Å²) in [5.41, 5.74) is 0.151. The monoisotopic (exact) mass is 412 g/mol. The number of methoxy groups -OCH3 is 1. The predicted molar refractivity (Wildman–Crippen MR) is 107 cm³/mol. The largest absolute Gasteiger partial charge is 0.497 e. The number of rotatable bonds is 5. The van der Waals surface area contributed by atoms with Crippen molar-refractivity contribution in [1.29, 1.82) is 0 Å². The summed E-state index contributed by atoms with van der Waals surface area (Å²) in [6.45, 7) is 0. The van der Waals surface area contributed by atoms with Crippen LogP contribution in [0.4, 0.5) is 20.2 Å². The van der Waals surface area contributed by atoms with Crippen molar-refractivity contribution in [2.75, 3.05) is 17.3 Å². The number of imide groups is 1. The maximum absolute atomic E-state index is 14.3. The second-order valence-corrected chi connectivity index (χ2v) is 7.07. The summed E-state index contributed by atoms with van der Waals surface area (Å²) >= 11 is 1.26. The summed E-state index contributed by atoms with van der Waals surface area (Å²) in [7, 11) is 1.51. The fourth-order valence-electron chi connectivity index (χ4n) is 3.02. The molecule has 8 heteroatoms. The van der Waals surface area contributed by atoms with Crippen LogP contribution in [-0.4, -0.2) is 18.9 Å². The highest BCUT2D eigenvalue weighted by molar-refractivity contribution is 7.11. The van der Waals surface area contributed by atoms with Crippen LogP contribution in [0.15, 0.2) is 65.7 Å². The molecule has 1 aromatic heterocycles. The van der Waals surface area contributed by atoms with E-state index >= 15 is 0 Å². The molecule has 4 rings (SSSR count). The third-order valence-corrected chi connectivity index (χ3v) is 5.23. The van der Waals surface area contributed by atoms with Gasteiger partial charge in [0, 0.05) is 22.7 Å². The van der Waals surface area contributed by atoms with E-state index in [-0.39, 0.29) is 11.3 Å². The van der Waals surface area contributed by atoms with E-state index in [1.54, 1.807) is 41.8 Å². The first-order chi connectivity index (χ1) is 14.0. The molecule has 0 spiro atoms. The molecule has 0 aliphatic carbocycles. The van der Waals surface area contributed by atoms with E-state index in [0.29, 0.717) is 21.2 Å². The molecular formula is C21H14F2N2O3S. The number of carbonyl (C=O) groups is 2.